The third kappa shape index (κ3) is 3.31. The topological polar surface area (TPSA) is 48.0 Å². The first-order valence-electron chi connectivity index (χ1n) is 5.50. The Morgan fingerprint density at radius 2 is 2.11 bits per heavy atom. The van der Waals surface area contributed by atoms with E-state index in [9.17, 15) is 4.79 Å². The molecule has 0 saturated carbocycles. The molecule has 0 unspecified atom stereocenters. The molecule has 0 fully saturated rings. The summed E-state index contributed by atoms with van der Waals surface area (Å²) < 4.78 is 1.69. The molecule has 1 aromatic carbocycles. The lowest BCUT2D eigenvalue weighted by Gasteiger charge is -2.06. The van der Waals surface area contributed by atoms with Crippen LogP contribution >= 0.6 is 23.4 Å². The number of hydrogen-bond donors (Lipinski definition) is 1. The summed E-state index contributed by atoms with van der Waals surface area (Å²) in [5, 5.41) is 0.567. The molecule has 18 heavy (non-hydrogen) atoms. The molecular weight excluding hydrogens is 268 g/mol. The minimum Gasteiger partial charge on any atom is -0.398 e. The highest BCUT2D eigenvalue weighted by Gasteiger charge is 2.00. The average Bonchev–Trinajstić information content (AvgIpc) is 2.36. The monoisotopic (exact) mass is 280 g/mol. The van der Waals surface area contributed by atoms with Crippen molar-refractivity contribution in [3.05, 3.63) is 58.0 Å². The molecule has 2 rings (SSSR count). The number of nitrogen functional groups attached to an aromatic ring is 1. The number of anilines is 1. The van der Waals surface area contributed by atoms with E-state index in [0.29, 0.717) is 17.3 Å². The van der Waals surface area contributed by atoms with Crippen LogP contribution in [0.1, 0.15) is 0 Å². The van der Waals surface area contributed by atoms with Crippen LogP contribution in [0.4, 0.5) is 5.69 Å². The number of thioether (sulfide) groups is 1. The summed E-state index contributed by atoms with van der Waals surface area (Å²) in [6.45, 7) is 0.673. The fraction of sp³-hybridized carbons (Fsp3) is 0.154. The molecule has 0 radical (unpaired) electrons. The van der Waals surface area contributed by atoms with Crippen molar-refractivity contribution < 1.29 is 0 Å². The summed E-state index contributed by atoms with van der Waals surface area (Å²) >= 11 is 7.59. The molecule has 0 atom stereocenters. The first-order chi connectivity index (χ1) is 8.66. The largest absolute Gasteiger partial charge is 0.398 e. The van der Waals surface area contributed by atoms with Crippen LogP contribution in [0.15, 0.2) is 52.3 Å². The van der Waals surface area contributed by atoms with Gasteiger partial charge in [-0.05, 0) is 24.3 Å². The zero-order chi connectivity index (χ0) is 13.0. The lowest BCUT2D eigenvalue weighted by molar-refractivity contribution is 0.735. The number of aromatic nitrogens is 1. The zero-order valence-corrected chi connectivity index (χ0v) is 11.2. The minimum atomic E-state index is 0.0217. The quantitative estimate of drug-likeness (QED) is 0.692. The number of aryl methyl sites for hydroxylation is 1. The van der Waals surface area contributed by atoms with Crippen molar-refractivity contribution in [3.8, 4) is 0 Å². The Kier molecular flexibility index (Phi) is 4.33. The number of rotatable bonds is 4. The summed E-state index contributed by atoms with van der Waals surface area (Å²) in [4.78, 5) is 12.5. The Hall–Kier alpha value is -1.39. The van der Waals surface area contributed by atoms with Gasteiger partial charge < -0.3 is 10.3 Å². The number of nitrogens with two attached hydrogens (primary N) is 1. The molecular formula is C13H13ClN2OS. The summed E-state index contributed by atoms with van der Waals surface area (Å²) in [6.07, 6.45) is 1.79. The Morgan fingerprint density at radius 1 is 1.28 bits per heavy atom. The van der Waals surface area contributed by atoms with Crippen LogP contribution in [0.2, 0.25) is 5.02 Å². The second kappa shape index (κ2) is 5.98. The Balaban J connectivity index is 1.95. The van der Waals surface area contributed by atoms with E-state index in [1.54, 1.807) is 40.7 Å². The Labute approximate surface area is 115 Å². The molecule has 0 bridgehead atoms. The van der Waals surface area contributed by atoms with E-state index in [0.717, 1.165) is 10.6 Å². The van der Waals surface area contributed by atoms with Crippen molar-refractivity contribution in [1.82, 2.24) is 4.57 Å². The highest BCUT2D eigenvalue weighted by molar-refractivity contribution is 7.99. The highest BCUT2D eigenvalue weighted by Crippen LogP contribution is 2.26. The van der Waals surface area contributed by atoms with E-state index in [1.807, 2.05) is 18.2 Å². The summed E-state index contributed by atoms with van der Waals surface area (Å²) in [7, 11) is 0. The lowest BCUT2D eigenvalue weighted by atomic mass is 10.3. The second-order valence-electron chi connectivity index (χ2n) is 3.76. The van der Waals surface area contributed by atoms with Gasteiger partial charge in [0.15, 0.2) is 0 Å². The molecule has 2 aromatic rings. The van der Waals surface area contributed by atoms with E-state index in [4.69, 9.17) is 17.3 Å². The number of pyridine rings is 1. The van der Waals surface area contributed by atoms with Crippen molar-refractivity contribution in [2.45, 2.75) is 11.4 Å². The van der Waals surface area contributed by atoms with Gasteiger partial charge in [0.25, 0.3) is 5.56 Å². The van der Waals surface area contributed by atoms with Gasteiger partial charge in [0.05, 0.1) is 10.7 Å². The summed E-state index contributed by atoms with van der Waals surface area (Å²) in [5.41, 5.74) is 6.25. The molecule has 3 nitrogen and oxygen atoms in total. The maximum Gasteiger partial charge on any atom is 0.250 e. The van der Waals surface area contributed by atoms with Crippen molar-refractivity contribution >= 4 is 29.1 Å². The minimum absolute atomic E-state index is 0.0217. The van der Waals surface area contributed by atoms with Crippen LogP contribution in [0.5, 0.6) is 0 Å². The molecule has 1 heterocycles. The van der Waals surface area contributed by atoms with Gasteiger partial charge in [-0.1, -0.05) is 17.7 Å². The van der Waals surface area contributed by atoms with Crippen molar-refractivity contribution in [3.63, 3.8) is 0 Å². The van der Waals surface area contributed by atoms with Crippen LogP contribution < -0.4 is 11.3 Å². The van der Waals surface area contributed by atoms with Gasteiger partial charge in [0, 0.05) is 29.5 Å². The maximum absolute atomic E-state index is 11.5. The second-order valence-corrected chi connectivity index (χ2v) is 5.34. The molecule has 1 aromatic heterocycles. The molecule has 0 spiro atoms. The van der Waals surface area contributed by atoms with E-state index in [-0.39, 0.29) is 5.56 Å². The predicted octanol–water partition coefficient (Wildman–Crippen LogP) is 2.88. The fourth-order valence-electron chi connectivity index (χ4n) is 1.50. The van der Waals surface area contributed by atoms with E-state index >= 15 is 0 Å². The molecule has 94 valence electrons. The number of hydrogen-bond acceptors (Lipinski definition) is 3. The SMILES string of the molecule is Nc1ccc(SCCn2ccccc2=O)cc1Cl. The Morgan fingerprint density at radius 3 is 2.83 bits per heavy atom. The molecule has 0 saturated heterocycles. The number of nitrogens with zero attached hydrogens (tertiary/aromatic N) is 1. The third-order valence-corrected chi connectivity index (χ3v) is 3.77. The highest BCUT2D eigenvalue weighted by atomic mass is 35.5. The van der Waals surface area contributed by atoms with Gasteiger partial charge in [-0.15, -0.1) is 11.8 Å². The molecule has 5 heteroatoms. The van der Waals surface area contributed by atoms with Crippen LogP contribution in [0.3, 0.4) is 0 Å². The van der Waals surface area contributed by atoms with Gasteiger partial charge in [-0.2, -0.15) is 0 Å². The van der Waals surface area contributed by atoms with Crippen LogP contribution in [-0.2, 0) is 6.54 Å². The normalized spacial score (nSPS) is 10.5. The summed E-state index contributed by atoms with van der Waals surface area (Å²) in [5.74, 6) is 0.810. The van der Waals surface area contributed by atoms with E-state index in [1.165, 1.54) is 0 Å². The predicted molar refractivity (Wildman–Crippen MR) is 77.3 cm³/mol. The molecule has 2 N–H and O–H groups in total. The van der Waals surface area contributed by atoms with Crippen LogP contribution in [0, 0.1) is 0 Å². The third-order valence-electron chi connectivity index (χ3n) is 2.47. The molecule has 0 aliphatic rings. The molecule has 0 amide bonds. The first-order valence-corrected chi connectivity index (χ1v) is 6.86. The molecule has 0 aliphatic carbocycles. The first kappa shape index (κ1) is 13.1. The summed E-state index contributed by atoms with van der Waals surface area (Å²) in [6, 6.07) is 10.7. The number of halogens is 1. The van der Waals surface area contributed by atoms with Gasteiger partial charge in [-0.25, -0.2) is 0 Å². The fourth-order valence-corrected chi connectivity index (χ4v) is 2.64. The Bertz CT molecular complexity index is 598. The number of benzene rings is 1. The van der Waals surface area contributed by atoms with Crippen molar-refractivity contribution in [2.75, 3.05) is 11.5 Å². The van der Waals surface area contributed by atoms with Crippen LogP contribution in [0.25, 0.3) is 0 Å². The molecule has 0 aliphatic heterocycles. The smallest absolute Gasteiger partial charge is 0.250 e. The van der Waals surface area contributed by atoms with Crippen molar-refractivity contribution in [2.24, 2.45) is 0 Å². The van der Waals surface area contributed by atoms with E-state index in [2.05, 4.69) is 0 Å². The zero-order valence-electron chi connectivity index (χ0n) is 9.67. The van der Waals surface area contributed by atoms with Gasteiger partial charge >= 0.3 is 0 Å². The average molecular weight is 281 g/mol. The maximum atomic E-state index is 11.5. The lowest BCUT2D eigenvalue weighted by Crippen LogP contribution is -2.18. The van der Waals surface area contributed by atoms with Gasteiger partial charge in [0.1, 0.15) is 0 Å². The van der Waals surface area contributed by atoms with Gasteiger partial charge in [0.2, 0.25) is 0 Å². The van der Waals surface area contributed by atoms with Crippen molar-refractivity contribution in [1.29, 1.82) is 0 Å². The van der Waals surface area contributed by atoms with Crippen LogP contribution in [-0.4, -0.2) is 10.3 Å². The standard InChI is InChI=1S/C13H13ClN2OS/c14-11-9-10(4-5-12(11)15)18-8-7-16-6-2-1-3-13(16)17/h1-6,9H,7-8,15H2. The van der Waals surface area contributed by atoms with E-state index < -0.39 is 0 Å². The van der Waals surface area contributed by atoms with Gasteiger partial charge in [-0.3, -0.25) is 4.79 Å².